The average molecular weight is 331 g/mol. The predicted molar refractivity (Wildman–Crippen MR) is 90.7 cm³/mol. The highest BCUT2D eigenvalue weighted by molar-refractivity contribution is 7.92. The van der Waals surface area contributed by atoms with Gasteiger partial charge in [0.05, 0.1) is 16.3 Å². The van der Waals surface area contributed by atoms with Crippen molar-refractivity contribution in [1.82, 2.24) is 0 Å². The molecule has 1 N–H and O–H groups in total. The number of rotatable bonds is 4. The van der Waals surface area contributed by atoms with Crippen LogP contribution in [0.1, 0.15) is 23.6 Å². The van der Waals surface area contributed by atoms with Crippen LogP contribution in [0.3, 0.4) is 0 Å². The fraction of sp³-hybridized carbons (Fsp3) is 0.235. The molecule has 23 heavy (non-hydrogen) atoms. The number of anilines is 1. The summed E-state index contributed by atoms with van der Waals surface area (Å²) in [6, 6.07) is 10.0. The van der Waals surface area contributed by atoms with E-state index in [0.29, 0.717) is 22.5 Å². The first-order valence-electron chi connectivity index (χ1n) is 7.12. The molecule has 0 aliphatic heterocycles. The van der Waals surface area contributed by atoms with E-state index in [4.69, 9.17) is 0 Å². The van der Waals surface area contributed by atoms with Gasteiger partial charge < -0.3 is 5.11 Å². The van der Waals surface area contributed by atoms with Crippen molar-refractivity contribution in [2.45, 2.75) is 32.6 Å². The van der Waals surface area contributed by atoms with Crippen molar-refractivity contribution in [1.29, 1.82) is 0 Å². The van der Waals surface area contributed by atoms with Gasteiger partial charge in [-0.2, -0.15) is 0 Å². The molecule has 0 fully saturated rings. The largest absolute Gasteiger partial charge is 0.862 e. The molecule has 0 bridgehead atoms. The van der Waals surface area contributed by atoms with Gasteiger partial charge in [0.15, 0.2) is 0 Å². The zero-order valence-electron chi connectivity index (χ0n) is 13.5. The lowest BCUT2D eigenvalue weighted by molar-refractivity contribution is -0.215. The first-order chi connectivity index (χ1) is 10.7. The van der Waals surface area contributed by atoms with E-state index in [1.54, 1.807) is 50.2 Å². The maximum atomic E-state index is 12.5. The van der Waals surface area contributed by atoms with E-state index in [9.17, 15) is 13.5 Å². The van der Waals surface area contributed by atoms with Crippen LogP contribution in [-0.4, -0.2) is 14.3 Å². The second-order valence-corrected chi connectivity index (χ2v) is 7.19. The summed E-state index contributed by atoms with van der Waals surface area (Å²) in [4.78, 5) is 4.08. The minimum absolute atomic E-state index is 0.208. The molecular formula is C17H19N2O3S-. The van der Waals surface area contributed by atoms with Gasteiger partial charge in [0.1, 0.15) is 0 Å². The van der Waals surface area contributed by atoms with Crippen LogP contribution >= 0.6 is 0 Å². The monoisotopic (exact) mass is 331 g/mol. The number of nitrogens with zero attached hydrogens (tertiary/aromatic N) is 1. The molecule has 0 saturated heterocycles. The Morgan fingerprint density at radius 1 is 1.04 bits per heavy atom. The Bertz CT molecular complexity index is 827. The van der Waals surface area contributed by atoms with Gasteiger partial charge in [0, 0.05) is 0 Å². The molecule has 0 heterocycles. The zero-order valence-corrected chi connectivity index (χ0v) is 14.4. The molecule has 2 aromatic rings. The lowest BCUT2D eigenvalue weighted by Gasteiger charge is -2.15. The van der Waals surface area contributed by atoms with Crippen LogP contribution in [0.4, 0.5) is 11.4 Å². The first kappa shape index (κ1) is 17.0. The second-order valence-electron chi connectivity index (χ2n) is 5.50. The molecule has 0 aromatic heterocycles. The van der Waals surface area contributed by atoms with E-state index in [1.165, 1.54) is 6.92 Å². The van der Waals surface area contributed by atoms with E-state index in [2.05, 4.69) is 9.71 Å². The fourth-order valence-corrected chi connectivity index (χ4v) is 3.46. The van der Waals surface area contributed by atoms with Gasteiger partial charge in [-0.05, 0) is 69.0 Å². The number of sulfonamides is 1. The third kappa shape index (κ3) is 4.10. The van der Waals surface area contributed by atoms with Crippen LogP contribution in [0, 0.1) is 20.8 Å². The Kier molecular flexibility index (Phi) is 4.75. The number of aryl methyl sites for hydroxylation is 3. The molecule has 0 unspecified atom stereocenters. The molecule has 0 spiro atoms. The Morgan fingerprint density at radius 3 is 2.04 bits per heavy atom. The van der Waals surface area contributed by atoms with E-state index in [0.717, 1.165) is 5.56 Å². The van der Waals surface area contributed by atoms with Crippen LogP contribution < -0.4 is 9.83 Å². The van der Waals surface area contributed by atoms with E-state index in [1.807, 2.05) is 6.92 Å². The first-order valence-corrected chi connectivity index (χ1v) is 8.60. The molecule has 0 aliphatic carbocycles. The maximum absolute atomic E-state index is 12.5. The Morgan fingerprint density at radius 2 is 1.57 bits per heavy atom. The van der Waals surface area contributed by atoms with Gasteiger partial charge in [0.25, 0.3) is 10.0 Å². The van der Waals surface area contributed by atoms with Crippen molar-refractivity contribution in [2.24, 2.45) is 4.99 Å². The summed E-state index contributed by atoms with van der Waals surface area (Å²) < 4.78 is 27.6. The number of nitrogens with one attached hydrogen (secondary N) is 1. The molecule has 2 aromatic carbocycles. The standard InChI is InChI=1S/C17H20N2O3S/c1-11-5-7-16(8-6-11)23(21,22)19-17-12(2)9-15(10-13(17)3)18-14(4)20/h5-10,19H,1-4H3,(H,18,20)/p-1. The van der Waals surface area contributed by atoms with Gasteiger partial charge in [-0.15, -0.1) is 0 Å². The number of aliphatic imine (C=N–C) groups is 1. The molecular weight excluding hydrogens is 312 g/mol. The fourth-order valence-electron chi connectivity index (χ4n) is 2.26. The summed E-state index contributed by atoms with van der Waals surface area (Å²) in [5, 5.41) is 11.1. The van der Waals surface area contributed by atoms with Crippen molar-refractivity contribution < 1.29 is 13.5 Å². The highest BCUT2D eigenvalue weighted by Crippen LogP contribution is 2.28. The Balaban J connectivity index is 2.40. The smallest absolute Gasteiger partial charge is 0.261 e. The maximum Gasteiger partial charge on any atom is 0.261 e. The predicted octanol–water partition coefficient (Wildman–Crippen LogP) is 2.82. The molecule has 0 atom stereocenters. The van der Waals surface area contributed by atoms with Gasteiger partial charge >= 0.3 is 0 Å². The van der Waals surface area contributed by atoms with Gasteiger partial charge in [0.2, 0.25) is 0 Å². The molecule has 122 valence electrons. The van der Waals surface area contributed by atoms with Crippen LogP contribution in [0.2, 0.25) is 0 Å². The lowest BCUT2D eigenvalue weighted by atomic mass is 10.1. The minimum Gasteiger partial charge on any atom is -0.862 e. The van der Waals surface area contributed by atoms with Crippen molar-refractivity contribution >= 4 is 27.3 Å². The summed E-state index contributed by atoms with van der Waals surface area (Å²) in [7, 11) is -3.66. The van der Waals surface area contributed by atoms with Crippen LogP contribution in [0.15, 0.2) is 46.3 Å². The number of benzene rings is 2. The normalized spacial score (nSPS) is 12.3. The van der Waals surface area contributed by atoms with Gasteiger partial charge in [-0.1, -0.05) is 17.7 Å². The second kappa shape index (κ2) is 6.42. The number of hydrogen-bond donors (Lipinski definition) is 1. The van der Waals surface area contributed by atoms with E-state index < -0.39 is 10.0 Å². The number of hydrogen-bond acceptors (Lipinski definition) is 4. The Hall–Kier alpha value is -2.34. The molecule has 0 saturated carbocycles. The molecule has 2 rings (SSSR count). The molecule has 0 amide bonds. The summed E-state index contributed by atoms with van der Waals surface area (Å²) in [6.45, 7) is 6.83. The summed E-state index contributed by atoms with van der Waals surface area (Å²) >= 11 is 0. The van der Waals surface area contributed by atoms with Gasteiger partial charge in [-0.3, -0.25) is 9.71 Å². The van der Waals surface area contributed by atoms with E-state index >= 15 is 0 Å². The quantitative estimate of drug-likeness (QED) is 0.691. The highest BCUT2D eigenvalue weighted by Gasteiger charge is 2.16. The van der Waals surface area contributed by atoms with Crippen LogP contribution in [0.5, 0.6) is 0 Å². The topological polar surface area (TPSA) is 81.6 Å². The Labute approximate surface area is 136 Å². The lowest BCUT2D eigenvalue weighted by Crippen LogP contribution is -2.15. The highest BCUT2D eigenvalue weighted by atomic mass is 32.2. The van der Waals surface area contributed by atoms with E-state index in [-0.39, 0.29) is 10.8 Å². The van der Waals surface area contributed by atoms with Crippen molar-refractivity contribution in [3.05, 3.63) is 53.1 Å². The summed E-state index contributed by atoms with van der Waals surface area (Å²) in [5.41, 5.74) is 3.44. The molecule has 0 aliphatic rings. The molecule has 5 nitrogen and oxygen atoms in total. The summed E-state index contributed by atoms with van der Waals surface area (Å²) in [5.74, 6) is -0.295. The third-order valence-electron chi connectivity index (χ3n) is 3.37. The minimum atomic E-state index is -3.66. The molecule has 0 radical (unpaired) electrons. The molecule has 6 heteroatoms. The SMILES string of the molecule is CC([O-])=Nc1cc(C)c(NS(=O)(=O)c2ccc(C)cc2)c(C)c1. The van der Waals surface area contributed by atoms with Crippen molar-refractivity contribution in [3.63, 3.8) is 0 Å². The van der Waals surface area contributed by atoms with Crippen molar-refractivity contribution in [2.75, 3.05) is 4.72 Å². The van der Waals surface area contributed by atoms with Crippen LogP contribution in [0.25, 0.3) is 0 Å². The van der Waals surface area contributed by atoms with Crippen molar-refractivity contribution in [3.8, 4) is 0 Å². The average Bonchev–Trinajstić information content (AvgIpc) is 2.43. The van der Waals surface area contributed by atoms with Crippen LogP contribution in [-0.2, 0) is 10.0 Å². The zero-order chi connectivity index (χ0) is 17.2. The third-order valence-corrected chi connectivity index (χ3v) is 4.74. The summed E-state index contributed by atoms with van der Waals surface area (Å²) in [6.07, 6.45) is 0. The van der Waals surface area contributed by atoms with Gasteiger partial charge in [-0.25, -0.2) is 8.42 Å².